The first kappa shape index (κ1) is 15.5. The molecule has 0 aromatic heterocycles. The average Bonchev–Trinajstić information content (AvgIpc) is 2.33. The quantitative estimate of drug-likeness (QED) is 0.481. The fourth-order valence-electron chi connectivity index (χ4n) is 2.56. The molecular weight excluding hydrogens is 226 g/mol. The van der Waals surface area contributed by atoms with E-state index in [9.17, 15) is 4.79 Å². The zero-order valence-corrected chi connectivity index (χ0v) is 11.9. The van der Waals surface area contributed by atoms with Gasteiger partial charge >= 0.3 is 5.97 Å². The molecule has 1 saturated carbocycles. The molecule has 0 spiro atoms. The Bertz CT molecular complexity index is 231. The molecule has 1 rings (SSSR count). The van der Waals surface area contributed by atoms with Gasteiger partial charge in [-0.2, -0.15) is 0 Å². The van der Waals surface area contributed by atoms with Crippen molar-refractivity contribution >= 4 is 5.97 Å². The van der Waals surface area contributed by atoms with Crippen LogP contribution in [0.15, 0.2) is 0 Å². The summed E-state index contributed by atoms with van der Waals surface area (Å²) in [6.07, 6.45) is 11.3. The van der Waals surface area contributed by atoms with E-state index in [0.717, 1.165) is 19.3 Å². The van der Waals surface area contributed by atoms with Crippen molar-refractivity contribution in [1.29, 1.82) is 0 Å². The van der Waals surface area contributed by atoms with E-state index in [2.05, 4.69) is 6.92 Å². The highest BCUT2D eigenvalue weighted by atomic mass is 16.5. The van der Waals surface area contributed by atoms with Gasteiger partial charge in [-0.3, -0.25) is 4.79 Å². The van der Waals surface area contributed by atoms with Crippen molar-refractivity contribution in [1.82, 2.24) is 0 Å². The highest BCUT2D eigenvalue weighted by Crippen LogP contribution is 2.43. The third-order valence-corrected chi connectivity index (χ3v) is 4.13. The summed E-state index contributed by atoms with van der Waals surface area (Å²) >= 11 is 0. The Hall–Kier alpha value is -0.570. The lowest BCUT2D eigenvalue weighted by molar-refractivity contribution is -0.148. The number of carbonyl (C=O) groups excluding carboxylic acids is 1. The van der Waals surface area contributed by atoms with Gasteiger partial charge in [0.1, 0.15) is 0 Å². The van der Waals surface area contributed by atoms with E-state index >= 15 is 0 Å². The first-order valence-corrected chi connectivity index (χ1v) is 7.58. The Kier molecular flexibility index (Phi) is 7.33. The first-order valence-electron chi connectivity index (χ1n) is 7.58. The van der Waals surface area contributed by atoms with Crippen LogP contribution in [0.25, 0.3) is 0 Å². The third kappa shape index (κ3) is 5.38. The Balaban J connectivity index is 1.97. The predicted molar refractivity (Wildman–Crippen MR) is 74.3 cm³/mol. The minimum Gasteiger partial charge on any atom is -0.466 e. The minimum atomic E-state index is -0.0475. The van der Waals surface area contributed by atoms with Gasteiger partial charge in [-0.25, -0.2) is 0 Å². The molecule has 3 nitrogen and oxygen atoms in total. The molecule has 0 saturated heterocycles. The Morgan fingerprint density at radius 2 is 1.83 bits per heavy atom. The van der Waals surface area contributed by atoms with Crippen LogP contribution in [-0.4, -0.2) is 19.1 Å². The lowest BCUT2D eigenvalue weighted by Gasteiger charge is -2.40. The van der Waals surface area contributed by atoms with Gasteiger partial charge in [0, 0.05) is 0 Å². The van der Waals surface area contributed by atoms with Crippen molar-refractivity contribution in [2.75, 3.05) is 13.2 Å². The van der Waals surface area contributed by atoms with E-state index < -0.39 is 0 Å². The number of carbonyl (C=O) groups is 1. The molecule has 0 aromatic rings. The van der Waals surface area contributed by atoms with Crippen LogP contribution < -0.4 is 5.73 Å². The summed E-state index contributed by atoms with van der Waals surface area (Å²) in [5, 5.41) is 0. The molecule has 0 unspecified atom stereocenters. The van der Waals surface area contributed by atoms with Crippen molar-refractivity contribution < 1.29 is 9.53 Å². The van der Waals surface area contributed by atoms with Crippen molar-refractivity contribution in [2.45, 2.75) is 71.1 Å². The highest BCUT2D eigenvalue weighted by Gasteiger charge is 2.37. The zero-order valence-electron chi connectivity index (χ0n) is 11.9. The molecular formula is C15H29NO2. The number of unbranched alkanes of at least 4 members (excludes halogenated alkanes) is 5. The van der Waals surface area contributed by atoms with Crippen LogP contribution in [0.3, 0.4) is 0 Å². The molecule has 0 radical (unpaired) electrons. The molecule has 1 fully saturated rings. The van der Waals surface area contributed by atoms with Crippen LogP contribution in [0.5, 0.6) is 0 Å². The van der Waals surface area contributed by atoms with Crippen molar-refractivity contribution in [3.63, 3.8) is 0 Å². The summed E-state index contributed by atoms with van der Waals surface area (Å²) in [6.45, 7) is 3.43. The Labute approximate surface area is 111 Å². The largest absolute Gasteiger partial charge is 0.466 e. The van der Waals surface area contributed by atoms with Crippen LogP contribution >= 0.6 is 0 Å². The van der Waals surface area contributed by atoms with Crippen molar-refractivity contribution in [3.05, 3.63) is 0 Å². The number of esters is 1. The normalized spacial score (nSPS) is 17.2. The highest BCUT2D eigenvalue weighted by molar-refractivity contribution is 5.70. The second kappa shape index (κ2) is 8.52. The fraction of sp³-hybridized carbons (Fsp3) is 0.933. The monoisotopic (exact) mass is 255 g/mol. The first-order chi connectivity index (χ1) is 8.72. The Morgan fingerprint density at radius 3 is 2.39 bits per heavy atom. The standard InChI is InChI=1S/C15H29NO2/c1-2-3-4-5-6-7-11-18-14(17)12-15(13-16)9-8-10-15/h2-13,16H2,1H3. The number of hydrogen-bond acceptors (Lipinski definition) is 3. The second-order valence-electron chi connectivity index (χ2n) is 5.72. The zero-order chi connectivity index (χ0) is 13.3. The number of hydrogen-bond donors (Lipinski definition) is 1. The average molecular weight is 255 g/mol. The molecule has 1 aliphatic carbocycles. The van der Waals surface area contributed by atoms with E-state index in [1.165, 1.54) is 38.5 Å². The molecule has 0 bridgehead atoms. The summed E-state index contributed by atoms with van der Waals surface area (Å²) in [4.78, 5) is 11.7. The van der Waals surface area contributed by atoms with Gasteiger partial charge in [0.05, 0.1) is 13.0 Å². The van der Waals surface area contributed by atoms with Crippen molar-refractivity contribution in [2.24, 2.45) is 11.1 Å². The van der Waals surface area contributed by atoms with Gasteiger partial charge in [0.15, 0.2) is 0 Å². The van der Waals surface area contributed by atoms with Crippen LogP contribution in [0.4, 0.5) is 0 Å². The summed E-state index contributed by atoms with van der Waals surface area (Å²) < 4.78 is 5.29. The predicted octanol–water partition coefficient (Wildman–Crippen LogP) is 3.41. The van der Waals surface area contributed by atoms with E-state index in [-0.39, 0.29) is 11.4 Å². The van der Waals surface area contributed by atoms with Gasteiger partial charge in [-0.1, -0.05) is 45.4 Å². The summed E-state index contributed by atoms with van der Waals surface area (Å²) in [5.41, 5.74) is 5.81. The maximum atomic E-state index is 11.7. The van der Waals surface area contributed by atoms with E-state index in [4.69, 9.17) is 10.5 Å². The number of ether oxygens (including phenoxy) is 1. The molecule has 0 heterocycles. The Morgan fingerprint density at radius 1 is 1.17 bits per heavy atom. The van der Waals surface area contributed by atoms with Crippen LogP contribution in [-0.2, 0) is 9.53 Å². The summed E-state index contributed by atoms with van der Waals surface area (Å²) in [6, 6.07) is 0. The molecule has 3 heteroatoms. The fourth-order valence-corrected chi connectivity index (χ4v) is 2.56. The number of rotatable bonds is 10. The van der Waals surface area contributed by atoms with Gasteiger partial charge in [-0.15, -0.1) is 0 Å². The lowest BCUT2D eigenvalue weighted by Crippen LogP contribution is -2.39. The number of nitrogens with two attached hydrogens (primary N) is 1. The molecule has 106 valence electrons. The van der Waals surface area contributed by atoms with E-state index in [0.29, 0.717) is 19.6 Å². The van der Waals surface area contributed by atoms with Gasteiger partial charge in [0.25, 0.3) is 0 Å². The molecule has 0 aliphatic heterocycles. The molecule has 0 amide bonds. The van der Waals surface area contributed by atoms with Crippen LogP contribution in [0, 0.1) is 5.41 Å². The van der Waals surface area contributed by atoms with Crippen LogP contribution in [0.1, 0.15) is 71.1 Å². The summed E-state index contributed by atoms with van der Waals surface area (Å²) in [7, 11) is 0. The minimum absolute atomic E-state index is 0.0475. The maximum absolute atomic E-state index is 11.7. The van der Waals surface area contributed by atoms with Gasteiger partial charge < -0.3 is 10.5 Å². The maximum Gasteiger partial charge on any atom is 0.306 e. The van der Waals surface area contributed by atoms with Crippen molar-refractivity contribution in [3.8, 4) is 0 Å². The molecule has 0 aromatic carbocycles. The van der Waals surface area contributed by atoms with E-state index in [1.807, 2.05) is 0 Å². The smallest absolute Gasteiger partial charge is 0.306 e. The molecule has 18 heavy (non-hydrogen) atoms. The molecule has 2 N–H and O–H groups in total. The SMILES string of the molecule is CCCCCCCCOC(=O)CC1(CN)CCC1. The molecule has 1 aliphatic rings. The van der Waals surface area contributed by atoms with Crippen LogP contribution in [0.2, 0.25) is 0 Å². The summed E-state index contributed by atoms with van der Waals surface area (Å²) in [5.74, 6) is -0.0475. The van der Waals surface area contributed by atoms with Gasteiger partial charge in [-0.05, 0) is 31.2 Å². The lowest BCUT2D eigenvalue weighted by atomic mass is 9.67. The topological polar surface area (TPSA) is 52.3 Å². The second-order valence-corrected chi connectivity index (χ2v) is 5.72. The van der Waals surface area contributed by atoms with Gasteiger partial charge in [0.2, 0.25) is 0 Å². The third-order valence-electron chi connectivity index (χ3n) is 4.13. The van der Waals surface area contributed by atoms with E-state index in [1.54, 1.807) is 0 Å². The molecule has 0 atom stereocenters.